The summed E-state index contributed by atoms with van der Waals surface area (Å²) in [6, 6.07) is 2.30. The molecule has 1 aliphatic rings. The molecule has 0 aromatic carbocycles. The summed E-state index contributed by atoms with van der Waals surface area (Å²) < 4.78 is 5.89. The zero-order valence-electron chi connectivity index (χ0n) is 10.6. The van der Waals surface area contributed by atoms with E-state index in [0.29, 0.717) is 17.8 Å². The molecule has 0 unspecified atom stereocenters. The Labute approximate surface area is 103 Å². The molecule has 0 amide bonds. The summed E-state index contributed by atoms with van der Waals surface area (Å²) in [7, 11) is 0. The van der Waals surface area contributed by atoms with Crippen molar-refractivity contribution in [3.05, 3.63) is 18.1 Å². The fraction of sp³-hybridized carbons (Fsp3) is 0.692. The molecule has 2 N–H and O–H groups in total. The molecule has 94 valence electrons. The number of hydrogen-bond donors (Lipinski definition) is 1. The largest absolute Gasteiger partial charge is 0.474 e. The maximum absolute atomic E-state index is 5.89. The lowest BCUT2D eigenvalue weighted by Gasteiger charge is -2.26. The van der Waals surface area contributed by atoms with Crippen LogP contribution in [0.15, 0.2) is 12.4 Å². The van der Waals surface area contributed by atoms with Gasteiger partial charge in [-0.05, 0) is 31.6 Å². The van der Waals surface area contributed by atoms with E-state index in [1.54, 1.807) is 6.33 Å². The van der Waals surface area contributed by atoms with Gasteiger partial charge in [0, 0.05) is 12.1 Å². The highest BCUT2D eigenvalue weighted by atomic mass is 16.5. The molecule has 0 aliphatic heterocycles. The van der Waals surface area contributed by atoms with Crippen molar-refractivity contribution in [2.24, 2.45) is 5.73 Å². The van der Waals surface area contributed by atoms with Crippen LogP contribution in [0.5, 0.6) is 5.88 Å². The highest BCUT2D eigenvalue weighted by Crippen LogP contribution is 2.23. The van der Waals surface area contributed by atoms with Gasteiger partial charge in [0.25, 0.3) is 0 Å². The minimum absolute atomic E-state index is 0.268. The first-order valence-corrected chi connectivity index (χ1v) is 6.39. The molecule has 1 heterocycles. The van der Waals surface area contributed by atoms with Gasteiger partial charge in [-0.3, -0.25) is 0 Å². The summed E-state index contributed by atoms with van der Waals surface area (Å²) in [5.74, 6) is 1.10. The van der Waals surface area contributed by atoms with Crippen LogP contribution < -0.4 is 10.5 Å². The first kappa shape index (κ1) is 12.3. The summed E-state index contributed by atoms with van der Waals surface area (Å²) >= 11 is 0. The van der Waals surface area contributed by atoms with Crippen LogP contribution >= 0.6 is 0 Å². The number of hydrogen-bond acceptors (Lipinski definition) is 4. The molecule has 1 fully saturated rings. The molecule has 0 spiro atoms. The Hall–Kier alpha value is -1.16. The van der Waals surface area contributed by atoms with Crippen molar-refractivity contribution in [3.63, 3.8) is 0 Å². The number of nitrogens with two attached hydrogens (primary N) is 1. The van der Waals surface area contributed by atoms with E-state index in [1.807, 2.05) is 6.07 Å². The van der Waals surface area contributed by atoms with Gasteiger partial charge in [0.2, 0.25) is 5.88 Å². The molecular weight excluding hydrogens is 214 g/mol. The second-order valence-electron chi connectivity index (χ2n) is 5.09. The lowest BCUT2D eigenvalue weighted by atomic mass is 9.94. The van der Waals surface area contributed by atoms with Gasteiger partial charge in [-0.2, -0.15) is 0 Å². The lowest BCUT2D eigenvalue weighted by Crippen LogP contribution is -2.31. The Morgan fingerprint density at radius 1 is 1.24 bits per heavy atom. The number of rotatable bonds is 3. The zero-order chi connectivity index (χ0) is 12.3. The standard InChI is InChI=1S/C13H21N3O/c1-9(2)12-7-13(16-8-15-12)17-11-5-3-10(14)4-6-11/h7-11H,3-6,14H2,1-2H3. The third-order valence-corrected chi connectivity index (χ3v) is 3.26. The minimum Gasteiger partial charge on any atom is -0.474 e. The quantitative estimate of drug-likeness (QED) is 0.873. The number of nitrogens with zero attached hydrogens (tertiary/aromatic N) is 2. The predicted octanol–water partition coefficient (Wildman–Crippen LogP) is 2.25. The average molecular weight is 235 g/mol. The first-order valence-electron chi connectivity index (χ1n) is 6.39. The van der Waals surface area contributed by atoms with E-state index in [9.17, 15) is 0 Å². The Morgan fingerprint density at radius 3 is 2.59 bits per heavy atom. The van der Waals surface area contributed by atoms with Gasteiger partial charge < -0.3 is 10.5 Å². The first-order chi connectivity index (χ1) is 8.15. The van der Waals surface area contributed by atoms with Gasteiger partial charge in [-0.15, -0.1) is 0 Å². The zero-order valence-corrected chi connectivity index (χ0v) is 10.6. The Kier molecular flexibility index (Phi) is 3.94. The molecule has 1 aliphatic carbocycles. The van der Waals surface area contributed by atoms with E-state index >= 15 is 0 Å². The van der Waals surface area contributed by atoms with Crippen LogP contribution in [0.25, 0.3) is 0 Å². The van der Waals surface area contributed by atoms with Crippen LogP contribution in [0.3, 0.4) is 0 Å². The molecule has 0 atom stereocenters. The van der Waals surface area contributed by atoms with Crippen molar-refractivity contribution in [2.75, 3.05) is 0 Å². The van der Waals surface area contributed by atoms with Gasteiger partial charge >= 0.3 is 0 Å². The highest BCUT2D eigenvalue weighted by molar-refractivity contribution is 5.16. The van der Waals surface area contributed by atoms with Crippen LogP contribution in [0, 0.1) is 0 Å². The normalized spacial score (nSPS) is 24.9. The van der Waals surface area contributed by atoms with Gasteiger partial charge in [0.15, 0.2) is 0 Å². The lowest BCUT2D eigenvalue weighted by molar-refractivity contribution is 0.141. The fourth-order valence-corrected chi connectivity index (χ4v) is 2.11. The predicted molar refractivity (Wildman–Crippen MR) is 67.0 cm³/mol. The molecule has 1 aromatic heterocycles. The molecule has 1 saturated carbocycles. The Balaban J connectivity index is 1.96. The SMILES string of the molecule is CC(C)c1cc(OC2CCC(N)CC2)ncn1. The van der Waals surface area contributed by atoms with Crippen molar-refractivity contribution in [3.8, 4) is 5.88 Å². The van der Waals surface area contributed by atoms with Crippen LogP contribution in [-0.4, -0.2) is 22.1 Å². The van der Waals surface area contributed by atoms with Crippen molar-refractivity contribution in [1.29, 1.82) is 0 Å². The van der Waals surface area contributed by atoms with Crippen LogP contribution in [0.4, 0.5) is 0 Å². The van der Waals surface area contributed by atoms with Crippen molar-refractivity contribution >= 4 is 0 Å². The second-order valence-corrected chi connectivity index (χ2v) is 5.09. The summed E-state index contributed by atoms with van der Waals surface area (Å²) in [5, 5.41) is 0. The molecule has 1 aromatic rings. The van der Waals surface area contributed by atoms with E-state index in [-0.39, 0.29) is 6.10 Å². The van der Waals surface area contributed by atoms with Crippen LogP contribution in [-0.2, 0) is 0 Å². The van der Waals surface area contributed by atoms with E-state index in [2.05, 4.69) is 23.8 Å². The molecule has 4 nitrogen and oxygen atoms in total. The smallest absolute Gasteiger partial charge is 0.216 e. The van der Waals surface area contributed by atoms with Gasteiger partial charge in [-0.1, -0.05) is 13.8 Å². The minimum atomic E-state index is 0.268. The van der Waals surface area contributed by atoms with Gasteiger partial charge in [0.1, 0.15) is 12.4 Å². The van der Waals surface area contributed by atoms with E-state index in [1.165, 1.54) is 0 Å². The third kappa shape index (κ3) is 3.40. The monoisotopic (exact) mass is 235 g/mol. The summed E-state index contributed by atoms with van der Waals surface area (Å²) in [6.07, 6.45) is 6.01. The molecular formula is C13H21N3O. The topological polar surface area (TPSA) is 61.0 Å². The molecule has 17 heavy (non-hydrogen) atoms. The third-order valence-electron chi connectivity index (χ3n) is 3.26. The van der Waals surface area contributed by atoms with Gasteiger partial charge in [-0.25, -0.2) is 9.97 Å². The second kappa shape index (κ2) is 5.45. The van der Waals surface area contributed by atoms with Crippen molar-refractivity contribution < 1.29 is 4.74 Å². The van der Waals surface area contributed by atoms with E-state index < -0.39 is 0 Å². The molecule has 0 saturated heterocycles. The van der Waals surface area contributed by atoms with Crippen molar-refractivity contribution in [2.45, 2.75) is 57.6 Å². The molecule has 0 bridgehead atoms. The molecule has 2 rings (SSSR count). The number of ether oxygens (including phenoxy) is 1. The van der Waals surface area contributed by atoms with Crippen LogP contribution in [0.2, 0.25) is 0 Å². The maximum atomic E-state index is 5.89. The summed E-state index contributed by atoms with van der Waals surface area (Å²) in [4.78, 5) is 8.40. The van der Waals surface area contributed by atoms with Gasteiger partial charge in [0.05, 0.1) is 5.69 Å². The summed E-state index contributed by atoms with van der Waals surface area (Å²) in [5.41, 5.74) is 6.90. The Morgan fingerprint density at radius 2 is 1.94 bits per heavy atom. The van der Waals surface area contributed by atoms with E-state index in [4.69, 9.17) is 10.5 Å². The van der Waals surface area contributed by atoms with Crippen molar-refractivity contribution in [1.82, 2.24) is 9.97 Å². The fourth-order valence-electron chi connectivity index (χ4n) is 2.11. The summed E-state index contributed by atoms with van der Waals surface area (Å²) in [6.45, 7) is 4.23. The highest BCUT2D eigenvalue weighted by Gasteiger charge is 2.20. The van der Waals surface area contributed by atoms with Crippen LogP contribution in [0.1, 0.15) is 51.1 Å². The number of aromatic nitrogens is 2. The van der Waals surface area contributed by atoms with E-state index in [0.717, 1.165) is 31.4 Å². The Bertz CT molecular complexity index is 359. The molecule has 4 heteroatoms. The molecule has 0 radical (unpaired) electrons. The average Bonchev–Trinajstić information content (AvgIpc) is 2.32. The maximum Gasteiger partial charge on any atom is 0.216 e.